The molecule has 128 valence electrons. The molecule has 3 aromatic rings. The maximum atomic E-state index is 13.8. The molecule has 0 unspecified atom stereocenters. The fourth-order valence-electron chi connectivity index (χ4n) is 2.75. The summed E-state index contributed by atoms with van der Waals surface area (Å²) < 4.78 is 26.8. The van der Waals surface area contributed by atoms with Crippen LogP contribution in [-0.4, -0.2) is 32.1 Å². The molecule has 1 amide bonds. The summed E-state index contributed by atoms with van der Waals surface area (Å²) in [5.41, 5.74) is 1.02. The Morgan fingerprint density at radius 3 is 2.96 bits per heavy atom. The van der Waals surface area contributed by atoms with E-state index >= 15 is 0 Å². The number of hydrogen-bond donors (Lipinski definition) is 2. The zero-order chi connectivity index (χ0) is 17.6. The van der Waals surface area contributed by atoms with Gasteiger partial charge in [-0.15, -0.1) is 11.3 Å². The monoisotopic (exact) mass is 361 g/mol. The Balaban J connectivity index is 1.47. The van der Waals surface area contributed by atoms with Gasteiger partial charge in [0.15, 0.2) is 10.8 Å². The van der Waals surface area contributed by atoms with Crippen molar-refractivity contribution in [3.63, 3.8) is 0 Å². The maximum absolute atomic E-state index is 13.8. The molecular weight excluding hydrogens is 348 g/mol. The van der Waals surface area contributed by atoms with Crippen molar-refractivity contribution in [2.75, 3.05) is 0 Å². The molecule has 2 aromatic heterocycles. The number of nitrogens with zero attached hydrogens (tertiary/aromatic N) is 3. The molecule has 2 heterocycles. The number of halogens is 2. The summed E-state index contributed by atoms with van der Waals surface area (Å²) in [6.45, 7) is 1.75. The summed E-state index contributed by atoms with van der Waals surface area (Å²) in [4.78, 5) is 21.3. The molecule has 1 aromatic carbocycles. The van der Waals surface area contributed by atoms with Crippen molar-refractivity contribution in [3.05, 3.63) is 52.3 Å². The zero-order valence-electron chi connectivity index (χ0n) is 13.1. The van der Waals surface area contributed by atoms with Crippen LogP contribution < -0.4 is 5.32 Å². The third-order valence-electron chi connectivity index (χ3n) is 4.09. The molecule has 2 atom stereocenters. The fourth-order valence-corrected chi connectivity index (χ4v) is 3.67. The highest BCUT2D eigenvalue weighted by molar-refractivity contribution is 7.17. The van der Waals surface area contributed by atoms with E-state index in [9.17, 15) is 13.6 Å². The van der Waals surface area contributed by atoms with Crippen LogP contribution in [0.15, 0.2) is 24.5 Å². The fraction of sp³-hybridized carbons (Fsp3) is 0.250. The first-order valence-corrected chi connectivity index (χ1v) is 8.43. The summed E-state index contributed by atoms with van der Waals surface area (Å²) in [7, 11) is 0. The van der Waals surface area contributed by atoms with Gasteiger partial charge in [0.1, 0.15) is 22.8 Å². The van der Waals surface area contributed by atoms with Crippen LogP contribution in [0.5, 0.6) is 0 Å². The highest BCUT2D eigenvalue weighted by atomic mass is 32.1. The van der Waals surface area contributed by atoms with E-state index in [2.05, 4.69) is 25.5 Å². The van der Waals surface area contributed by atoms with Crippen LogP contribution in [0.2, 0.25) is 0 Å². The number of aromatic amines is 1. The molecule has 0 saturated heterocycles. The molecule has 0 bridgehead atoms. The van der Waals surface area contributed by atoms with Crippen LogP contribution >= 0.6 is 11.3 Å². The van der Waals surface area contributed by atoms with Crippen LogP contribution in [0.3, 0.4) is 0 Å². The van der Waals surface area contributed by atoms with Crippen molar-refractivity contribution < 1.29 is 13.6 Å². The second-order valence-corrected chi connectivity index (χ2v) is 6.85. The summed E-state index contributed by atoms with van der Waals surface area (Å²) in [6.07, 6.45) is 2.00. The van der Waals surface area contributed by atoms with Crippen molar-refractivity contribution in [1.29, 1.82) is 0 Å². The topological polar surface area (TPSA) is 83.6 Å². The third-order valence-corrected chi connectivity index (χ3v) is 5.25. The van der Waals surface area contributed by atoms with Crippen LogP contribution in [0.1, 0.15) is 33.3 Å². The molecule has 6 nitrogen and oxygen atoms in total. The molecule has 25 heavy (non-hydrogen) atoms. The lowest BCUT2D eigenvalue weighted by Crippen LogP contribution is -2.26. The lowest BCUT2D eigenvalue weighted by molar-refractivity contribution is 0.0953. The highest BCUT2D eigenvalue weighted by Crippen LogP contribution is 2.42. The number of nitrogens with one attached hydrogen (secondary N) is 2. The number of thiazole rings is 1. The highest BCUT2D eigenvalue weighted by Gasteiger charge is 2.41. The van der Waals surface area contributed by atoms with Gasteiger partial charge in [-0.3, -0.25) is 9.89 Å². The first-order chi connectivity index (χ1) is 12.0. The summed E-state index contributed by atoms with van der Waals surface area (Å²) in [6, 6.07) is 3.36. The summed E-state index contributed by atoms with van der Waals surface area (Å²) in [5.74, 6) is -1.07. The Morgan fingerprint density at radius 1 is 1.40 bits per heavy atom. The van der Waals surface area contributed by atoms with Gasteiger partial charge >= 0.3 is 0 Å². The summed E-state index contributed by atoms with van der Waals surface area (Å²) >= 11 is 1.22. The number of carbonyl (C=O) groups is 1. The van der Waals surface area contributed by atoms with Gasteiger partial charge in [0, 0.05) is 18.0 Å². The second-order valence-electron chi connectivity index (χ2n) is 5.86. The normalized spacial score (nSPS) is 19.0. The first kappa shape index (κ1) is 15.8. The van der Waals surface area contributed by atoms with Gasteiger partial charge in [0.25, 0.3) is 5.91 Å². The first-order valence-electron chi connectivity index (χ1n) is 7.62. The van der Waals surface area contributed by atoms with Crippen molar-refractivity contribution in [1.82, 2.24) is 25.5 Å². The van der Waals surface area contributed by atoms with Gasteiger partial charge in [0.2, 0.25) is 0 Å². The molecule has 0 spiro atoms. The van der Waals surface area contributed by atoms with Gasteiger partial charge < -0.3 is 5.32 Å². The predicted octanol–water partition coefficient (Wildman–Crippen LogP) is 2.80. The van der Waals surface area contributed by atoms with Crippen molar-refractivity contribution in [2.24, 2.45) is 0 Å². The summed E-state index contributed by atoms with van der Waals surface area (Å²) in [5, 5.41) is 9.94. The Labute approximate surface area is 145 Å². The van der Waals surface area contributed by atoms with Gasteiger partial charge in [0.05, 0.1) is 5.69 Å². The lowest BCUT2D eigenvalue weighted by Gasteiger charge is -2.05. The number of carbonyl (C=O) groups excluding carboxylic acids is 1. The van der Waals surface area contributed by atoms with E-state index in [0.29, 0.717) is 33.4 Å². The Morgan fingerprint density at radius 2 is 2.24 bits per heavy atom. The number of aromatic nitrogens is 4. The molecule has 4 rings (SSSR count). The second kappa shape index (κ2) is 5.99. The Kier molecular flexibility index (Phi) is 3.79. The Bertz CT molecular complexity index is 940. The van der Waals surface area contributed by atoms with Gasteiger partial charge in [-0.05, 0) is 25.0 Å². The van der Waals surface area contributed by atoms with Gasteiger partial charge in [-0.1, -0.05) is 6.07 Å². The Hall–Kier alpha value is -2.68. The van der Waals surface area contributed by atoms with E-state index in [0.717, 1.165) is 6.07 Å². The number of rotatable bonds is 4. The van der Waals surface area contributed by atoms with E-state index in [-0.39, 0.29) is 17.9 Å². The number of amides is 1. The molecule has 2 N–H and O–H groups in total. The van der Waals surface area contributed by atoms with Gasteiger partial charge in [-0.25, -0.2) is 18.7 Å². The minimum atomic E-state index is -0.609. The molecular formula is C16H13F2N5OS. The molecule has 0 aliphatic heterocycles. The van der Waals surface area contributed by atoms with Crippen molar-refractivity contribution in [3.8, 4) is 10.8 Å². The van der Waals surface area contributed by atoms with E-state index < -0.39 is 11.6 Å². The van der Waals surface area contributed by atoms with E-state index in [1.165, 1.54) is 29.8 Å². The van der Waals surface area contributed by atoms with E-state index in [1.807, 2.05) is 0 Å². The van der Waals surface area contributed by atoms with Crippen LogP contribution in [0.25, 0.3) is 10.8 Å². The number of aryl methyl sites for hydroxylation is 1. The molecule has 9 heteroatoms. The number of benzene rings is 1. The molecule has 0 radical (unpaired) electrons. The van der Waals surface area contributed by atoms with Gasteiger partial charge in [-0.2, -0.15) is 5.10 Å². The smallest absolute Gasteiger partial charge is 0.263 e. The van der Waals surface area contributed by atoms with Crippen LogP contribution in [0, 0.1) is 18.6 Å². The molecule has 1 saturated carbocycles. The van der Waals surface area contributed by atoms with Crippen molar-refractivity contribution >= 4 is 17.2 Å². The van der Waals surface area contributed by atoms with Crippen LogP contribution in [-0.2, 0) is 0 Å². The predicted molar refractivity (Wildman–Crippen MR) is 87.2 cm³/mol. The quantitative estimate of drug-likeness (QED) is 0.748. The lowest BCUT2D eigenvalue weighted by atomic mass is 10.1. The SMILES string of the molecule is Cc1nc(-c2ncn[nH]2)sc1C(=O)N[C@H]1C[C@H]1c1ccc(F)cc1F. The average molecular weight is 361 g/mol. The third kappa shape index (κ3) is 3.02. The average Bonchev–Trinajstić information content (AvgIpc) is 2.99. The molecule has 1 fully saturated rings. The minimum absolute atomic E-state index is 0.133. The maximum Gasteiger partial charge on any atom is 0.263 e. The van der Waals surface area contributed by atoms with E-state index in [4.69, 9.17) is 0 Å². The number of H-pyrrole nitrogens is 1. The van der Waals surface area contributed by atoms with Crippen molar-refractivity contribution in [2.45, 2.75) is 25.3 Å². The molecule has 1 aliphatic rings. The largest absolute Gasteiger partial charge is 0.348 e. The molecule has 1 aliphatic carbocycles. The van der Waals surface area contributed by atoms with E-state index in [1.54, 1.807) is 6.92 Å². The minimum Gasteiger partial charge on any atom is -0.348 e. The number of hydrogen-bond acceptors (Lipinski definition) is 5. The standard InChI is InChI=1S/C16H13F2N5OS/c1-7-13(25-16(21-7)14-19-6-20-23-14)15(24)22-12-5-10(12)9-3-2-8(17)4-11(9)18/h2-4,6,10,12H,5H2,1H3,(H,22,24)(H,19,20,23)/t10-,12-/m0/s1. The van der Waals surface area contributed by atoms with Crippen LogP contribution in [0.4, 0.5) is 8.78 Å². The zero-order valence-corrected chi connectivity index (χ0v) is 13.9.